The minimum Gasteiger partial charge on any atom is -0.379 e. The highest BCUT2D eigenvalue weighted by Gasteiger charge is 2.15. The summed E-state index contributed by atoms with van der Waals surface area (Å²) in [6.45, 7) is 2.89. The monoisotopic (exact) mass is 259 g/mol. The van der Waals surface area contributed by atoms with Gasteiger partial charge in [-0.25, -0.2) is 4.68 Å². The molecule has 1 aromatic heterocycles. The highest BCUT2D eigenvalue weighted by molar-refractivity contribution is 5.56. The Kier molecular flexibility index (Phi) is 3.86. The zero-order chi connectivity index (χ0) is 12.9. The lowest BCUT2D eigenvalue weighted by atomic mass is 10.2. The number of aromatic nitrogens is 3. The topological polar surface area (TPSA) is 49.2 Å². The summed E-state index contributed by atoms with van der Waals surface area (Å²) in [5, 5.41) is 8.28. The first-order chi connectivity index (χ1) is 9.42. The molecule has 0 bridgehead atoms. The van der Waals surface area contributed by atoms with Gasteiger partial charge in [0.2, 0.25) is 0 Å². The molecule has 1 aromatic carbocycles. The van der Waals surface area contributed by atoms with E-state index in [1.807, 2.05) is 41.2 Å². The molecule has 0 saturated carbocycles. The van der Waals surface area contributed by atoms with E-state index in [2.05, 4.69) is 10.3 Å². The van der Waals surface area contributed by atoms with Gasteiger partial charge in [0.05, 0.1) is 32.1 Å². The zero-order valence-corrected chi connectivity index (χ0v) is 10.7. The molecule has 0 N–H and O–H groups in total. The Balaban J connectivity index is 1.53. The van der Waals surface area contributed by atoms with E-state index in [0.29, 0.717) is 13.2 Å². The third kappa shape index (κ3) is 3.19. The summed E-state index contributed by atoms with van der Waals surface area (Å²) in [6, 6.07) is 10.0. The molecule has 2 aromatic rings. The van der Waals surface area contributed by atoms with E-state index in [4.69, 9.17) is 9.47 Å². The van der Waals surface area contributed by atoms with Crippen LogP contribution in [0, 0.1) is 0 Å². The molecule has 100 valence electrons. The molecule has 19 heavy (non-hydrogen) atoms. The maximum absolute atomic E-state index is 5.71. The first kappa shape index (κ1) is 12.3. The van der Waals surface area contributed by atoms with Gasteiger partial charge in [0.1, 0.15) is 5.69 Å². The van der Waals surface area contributed by atoms with E-state index in [1.165, 1.54) is 0 Å². The smallest absolute Gasteiger partial charge is 0.113 e. The Morgan fingerprint density at radius 3 is 3.00 bits per heavy atom. The SMILES string of the molecule is c1ccc(-c2cn(CCOC3CCOC3)nn2)cc1. The minimum atomic E-state index is 0.247. The largest absolute Gasteiger partial charge is 0.379 e. The highest BCUT2D eigenvalue weighted by atomic mass is 16.5. The van der Waals surface area contributed by atoms with Crippen molar-refractivity contribution < 1.29 is 9.47 Å². The van der Waals surface area contributed by atoms with Crippen LogP contribution in [-0.2, 0) is 16.0 Å². The maximum Gasteiger partial charge on any atom is 0.113 e. The number of benzene rings is 1. The van der Waals surface area contributed by atoms with Crippen molar-refractivity contribution in [3.8, 4) is 11.3 Å². The Bertz CT molecular complexity index is 506. The Morgan fingerprint density at radius 1 is 1.32 bits per heavy atom. The number of hydrogen-bond donors (Lipinski definition) is 0. The molecule has 5 nitrogen and oxygen atoms in total. The molecule has 0 amide bonds. The van der Waals surface area contributed by atoms with Gasteiger partial charge in [0.15, 0.2) is 0 Å². The van der Waals surface area contributed by atoms with Crippen LogP contribution in [0.25, 0.3) is 11.3 Å². The molecular weight excluding hydrogens is 242 g/mol. The lowest BCUT2D eigenvalue weighted by Gasteiger charge is -2.08. The Morgan fingerprint density at radius 2 is 2.21 bits per heavy atom. The predicted molar refractivity (Wildman–Crippen MR) is 70.6 cm³/mol. The van der Waals surface area contributed by atoms with Crippen LogP contribution in [-0.4, -0.2) is 40.9 Å². The summed E-state index contributed by atoms with van der Waals surface area (Å²) >= 11 is 0. The van der Waals surface area contributed by atoms with Crippen molar-refractivity contribution in [2.75, 3.05) is 19.8 Å². The molecule has 1 fully saturated rings. The van der Waals surface area contributed by atoms with Crippen LogP contribution >= 0.6 is 0 Å². The number of ether oxygens (including phenoxy) is 2. The Hall–Kier alpha value is -1.72. The summed E-state index contributed by atoms with van der Waals surface area (Å²) in [5.41, 5.74) is 1.98. The van der Waals surface area contributed by atoms with Gasteiger partial charge < -0.3 is 9.47 Å². The van der Waals surface area contributed by atoms with Gasteiger partial charge in [-0.3, -0.25) is 0 Å². The molecule has 1 aliphatic heterocycles. The zero-order valence-electron chi connectivity index (χ0n) is 10.7. The molecule has 1 atom stereocenters. The van der Waals surface area contributed by atoms with Crippen molar-refractivity contribution in [3.63, 3.8) is 0 Å². The van der Waals surface area contributed by atoms with Gasteiger partial charge in [-0.2, -0.15) is 0 Å². The predicted octanol–water partition coefficient (Wildman–Crippen LogP) is 1.75. The summed E-state index contributed by atoms with van der Waals surface area (Å²) in [4.78, 5) is 0. The second kappa shape index (κ2) is 5.95. The summed E-state index contributed by atoms with van der Waals surface area (Å²) in [5.74, 6) is 0. The number of nitrogens with zero attached hydrogens (tertiary/aromatic N) is 3. The normalized spacial score (nSPS) is 18.8. The van der Waals surface area contributed by atoms with Crippen LogP contribution < -0.4 is 0 Å². The van der Waals surface area contributed by atoms with Gasteiger partial charge in [-0.1, -0.05) is 35.5 Å². The van der Waals surface area contributed by atoms with Gasteiger partial charge >= 0.3 is 0 Å². The second-order valence-electron chi connectivity index (χ2n) is 4.59. The quantitative estimate of drug-likeness (QED) is 0.821. The maximum atomic E-state index is 5.71. The molecule has 0 radical (unpaired) electrons. The van der Waals surface area contributed by atoms with Gasteiger partial charge in [0, 0.05) is 12.2 Å². The third-order valence-electron chi connectivity index (χ3n) is 3.17. The fourth-order valence-electron chi connectivity index (χ4n) is 2.11. The van der Waals surface area contributed by atoms with Crippen molar-refractivity contribution in [1.29, 1.82) is 0 Å². The molecule has 5 heteroatoms. The van der Waals surface area contributed by atoms with Crippen LogP contribution in [0.15, 0.2) is 36.5 Å². The van der Waals surface area contributed by atoms with Crippen LogP contribution in [0.1, 0.15) is 6.42 Å². The summed E-state index contributed by atoms with van der Waals surface area (Å²) < 4.78 is 12.8. The second-order valence-corrected chi connectivity index (χ2v) is 4.59. The van der Waals surface area contributed by atoms with Crippen molar-refractivity contribution in [1.82, 2.24) is 15.0 Å². The van der Waals surface area contributed by atoms with Crippen molar-refractivity contribution in [2.24, 2.45) is 0 Å². The van der Waals surface area contributed by atoms with Gasteiger partial charge in [-0.05, 0) is 6.42 Å². The van der Waals surface area contributed by atoms with E-state index < -0.39 is 0 Å². The molecule has 1 unspecified atom stereocenters. The van der Waals surface area contributed by atoms with Crippen molar-refractivity contribution in [2.45, 2.75) is 19.1 Å². The van der Waals surface area contributed by atoms with Crippen molar-refractivity contribution in [3.05, 3.63) is 36.5 Å². The molecule has 3 rings (SSSR count). The third-order valence-corrected chi connectivity index (χ3v) is 3.17. The van der Waals surface area contributed by atoms with E-state index >= 15 is 0 Å². The van der Waals surface area contributed by atoms with Crippen molar-refractivity contribution >= 4 is 0 Å². The summed E-state index contributed by atoms with van der Waals surface area (Å²) in [7, 11) is 0. The molecule has 0 aliphatic carbocycles. The van der Waals surface area contributed by atoms with E-state index in [0.717, 1.165) is 30.8 Å². The Labute approximate surface area is 112 Å². The fraction of sp³-hybridized carbons (Fsp3) is 0.429. The molecule has 1 saturated heterocycles. The van der Waals surface area contributed by atoms with Crippen LogP contribution in [0.5, 0.6) is 0 Å². The van der Waals surface area contributed by atoms with E-state index in [9.17, 15) is 0 Å². The van der Waals surface area contributed by atoms with E-state index in [1.54, 1.807) is 0 Å². The lowest BCUT2D eigenvalue weighted by Crippen LogP contribution is -2.16. The highest BCUT2D eigenvalue weighted by Crippen LogP contribution is 2.14. The minimum absolute atomic E-state index is 0.247. The van der Waals surface area contributed by atoms with Crippen LogP contribution in [0.2, 0.25) is 0 Å². The first-order valence-corrected chi connectivity index (χ1v) is 6.57. The molecule has 0 spiro atoms. The fourth-order valence-corrected chi connectivity index (χ4v) is 2.11. The first-order valence-electron chi connectivity index (χ1n) is 6.57. The van der Waals surface area contributed by atoms with Gasteiger partial charge in [-0.15, -0.1) is 5.10 Å². The number of hydrogen-bond acceptors (Lipinski definition) is 4. The van der Waals surface area contributed by atoms with Crippen LogP contribution in [0.3, 0.4) is 0 Å². The molecule has 1 aliphatic rings. The average molecular weight is 259 g/mol. The average Bonchev–Trinajstić information content (AvgIpc) is 3.11. The van der Waals surface area contributed by atoms with Crippen LogP contribution in [0.4, 0.5) is 0 Å². The number of rotatable bonds is 5. The summed E-state index contributed by atoms with van der Waals surface area (Å²) in [6.07, 6.45) is 3.19. The lowest BCUT2D eigenvalue weighted by molar-refractivity contribution is 0.0369. The van der Waals surface area contributed by atoms with Gasteiger partial charge in [0.25, 0.3) is 0 Å². The molecular formula is C14H17N3O2. The molecule has 2 heterocycles. The van der Waals surface area contributed by atoms with E-state index in [-0.39, 0.29) is 6.10 Å². The standard InChI is InChI=1S/C14H17N3O2/c1-2-4-12(5-3-1)14-10-17(16-15-14)7-9-19-13-6-8-18-11-13/h1-5,10,13H,6-9,11H2.